The number of benzene rings is 1. The van der Waals surface area contributed by atoms with Crippen molar-refractivity contribution in [3.05, 3.63) is 24.3 Å². The predicted molar refractivity (Wildman–Crippen MR) is 104 cm³/mol. The zero-order valence-corrected chi connectivity index (χ0v) is 15.8. The number of urea groups is 1. The van der Waals surface area contributed by atoms with E-state index in [1.165, 1.54) is 12.8 Å². The lowest BCUT2D eigenvalue weighted by Gasteiger charge is -2.42. The maximum Gasteiger partial charge on any atom is 0.319 e. The summed E-state index contributed by atoms with van der Waals surface area (Å²) >= 11 is 0. The molecule has 3 N–H and O–H groups in total. The second-order valence-corrected chi connectivity index (χ2v) is 8.03. The summed E-state index contributed by atoms with van der Waals surface area (Å²) in [6.07, 6.45) is 4.54. The first-order valence-corrected chi connectivity index (χ1v) is 9.91. The van der Waals surface area contributed by atoms with Crippen LogP contribution < -0.4 is 15.5 Å². The van der Waals surface area contributed by atoms with Gasteiger partial charge in [-0.1, -0.05) is 0 Å². The van der Waals surface area contributed by atoms with Gasteiger partial charge in [-0.15, -0.1) is 0 Å². The molecule has 2 aliphatic carbocycles. The van der Waals surface area contributed by atoms with Crippen LogP contribution in [-0.4, -0.2) is 59.6 Å². The van der Waals surface area contributed by atoms with E-state index < -0.39 is 5.97 Å². The molecule has 0 unspecified atom stereocenters. The fourth-order valence-electron chi connectivity index (χ4n) is 3.82. The van der Waals surface area contributed by atoms with E-state index >= 15 is 0 Å². The number of amides is 3. The van der Waals surface area contributed by atoms with E-state index in [0.29, 0.717) is 18.0 Å². The summed E-state index contributed by atoms with van der Waals surface area (Å²) in [6.45, 7) is 1.67. The molecule has 0 aromatic heterocycles. The van der Waals surface area contributed by atoms with Crippen molar-refractivity contribution in [2.45, 2.75) is 44.2 Å². The van der Waals surface area contributed by atoms with Crippen LogP contribution in [0.3, 0.4) is 0 Å². The van der Waals surface area contributed by atoms with E-state index in [1.807, 2.05) is 17.0 Å². The fourth-order valence-corrected chi connectivity index (χ4v) is 3.82. The minimum absolute atomic E-state index is 0.0680. The number of carboxylic acid groups (broad SMARTS) is 1. The van der Waals surface area contributed by atoms with Gasteiger partial charge >= 0.3 is 12.0 Å². The van der Waals surface area contributed by atoms with E-state index in [0.717, 1.165) is 31.6 Å². The molecule has 1 saturated heterocycles. The average molecular weight is 386 g/mol. The molecule has 0 radical (unpaired) electrons. The molecule has 3 aliphatic rings. The summed E-state index contributed by atoms with van der Waals surface area (Å²) in [6, 6.07) is 7.27. The van der Waals surface area contributed by atoms with Crippen molar-refractivity contribution in [3.63, 3.8) is 0 Å². The van der Waals surface area contributed by atoms with Crippen molar-refractivity contribution in [1.29, 1.82) is 0 Å². The van der Waals surface area contributed by atoms with Crippen LogP contribution in [0.25, 0.3) is 0 Å². The molecule has 3 fully saturated rings. The lowest BCUT2D eigenvalue weighted by atomic mass is 9.85. The molecule has 1 heterocycles. The lowest BCUT2D eigenvalue weighted by molar-refractivity contribution is -0.139. The summed E-state index contributed by atoms with van der Waals surface area (Å²) in [5.41, 5.74) is 1.52. The molecule has 1 aromatic carbocycles. The Kier molecular flexibility index (Phi) is 5.21. The second kappa shape index (κ2) is 7.79. The highest BCUT2D eigenvalue weighted by Gasteiger charge is 2.37. The van der Waals surface area contributed by atoms with Gasteiger partial charge in [0.15, 0.2) is 0 Å². The minimum Gasteiger partial charge on any atom is -0.480 e. The van der Waals surface area contributed by atoms with Crippen molar-refractivity contribution in [3.8, 4) is 0 Å². The van der Waals surface area contributed by atoms with Gasteiger partial charge in [-0.25, -0.2) is 4.79 Å². The number of nitrogens with one attached hydrogen (secondary N) is 2. The molecule has 8 nitrogen and oxygen atoms in total. The number of anilines is 2. The first-order valence-electron chi connectivity index (χ1n) is 9.91. The number of carbonyl (C=O) groups excluding carboxylic acids is 2. The number of hydrogen-bond acceptors (Lipinski definition) is 4. The zero-order valence-electron chi connectivity index (χ0n) is 15.8. The first kappa shape index (κ1) is 18.7. The van der Waals surface area contributed by atoms with Crippen LogP contribution in [0.4, 0.5) is 16.2 Å². The molecule has 0 bridgehead atoms. The predicted octanol–water partition coefficient (Wildman–Crippen LogP) is 1.87. The first-order chi connectivity index (χ1) is 13.5. The molecule has 28 heavy (non-hydrogen) atoms. The van der Waals surface area contributed by atoms with Gasteiger partial charge in [-0.05, 0) is 55.9 Å². The molecule has 0 atom stereocenters. The number of rotatable bonds is 8. The van der Waals surface area contributed by atoms with Crippen LogP contribution in [0.5, 0.6) is 0 Å². The third-order valence-corrected chi connectivity index (χ3v) is 5.78. The highest BCUT2D eigenvalue weighted by Crippen LogP contribution is 2.33. The molecule has 3 amide bonds. The minimum atomic E-state index is -0.793. The van der Waals surface area contributed by atoms with Gasteiger partial charge in [0.25, 0.3) is 0 Å². The van der Waals surface area contributed by atoms with Crippen molar-refractivity contribution < 1.29 is 19.5 Å². The van der Waals surface area contributed by atoms with Gasteiger partial charge in [0.05, 0.1) is 6.54 Å². The molecular weight excluding hydrogens is 360 g/mol. The number of nitrogens with zero attached hydrogens (tertiary/aromatic N) is 2. The van der Waals surface area contributed by atoms with Gasteiger partial charge < -0.3 is 20.6 Å². The largest absolute Gasteiger partial charge is 0.480 e. The summed E-state index contributed by atoms with van der Waals surface area (Å²) in [4.78, 5) is 38.5. The summed E-state index contributed by atoms with van der Waals surface area (Å²) in [5, 5.41) is 14.9. The quantitative estimate of drug-likeness (QED) is 0.592. The van der Waals surface area contributed by atoms with E-state index in [2.05, 4.69) is 10.6 Å². The topological polar surface area (TPSA) is 102 Å². The number of hydrogen-bond donors (Lipinski definition) is 3. The highest BCUT2D eigenvalue weighted by molar-refractivity contribution is 5.99. The maximum atomic E-state index is 12.2. The molecule has 1 aromatic rings. The molecule has 150 valence electrons. The van der Waals surface area contributed by atoms with Crippen LogP contribution in [0.1, 0.15) is 32.1 Å². The van der Waals surface area contributed by atoms with E-state index in [1.54, 1.807) is 17.0 Å². The van der Waals surface area contributed by atoms with Gasteiger partial charge in [0.1, 0.15) is 0 Å². The van der Waals surface area contributed by atoms with Gasteiger partial charge in [-0.3, -0.25) is 14.5 Å². The smallest absolute Gasteiger partial charge is 0.319 e. The Balaban J connectivity index is 1.21. The summed E-state index contributed by atoms with van der Waals surface area (Å²) < 4.78 is 0. The van der Waals surface area contributed by atoms with E-state index in [-0.39, 0.29) is 30.6 Å². The van der Waals surface area contributed by atoms with Crippen molar-refractivity contribution in [1.82, 2.24) is 10.2 Å². The third-order valence-electron chi connectivity index (χ3n) is 5.78. The molecule has 1 aliphatic heterocycles. The summed E-state index contributed by atoms with van der Waals surface area (Å²) in [7, 11) is 0. The number of carbonyl (C=O) groups is 3. The number of aliphatic carboxylic acids is 1. The molecule has 2 saturated carbocycles. The average Bonchev–Trinajstić information content (AvgIpc) is 3.41. The summed E-state index contributed by atoms with van der Waals surface area (Å²) in [5.74, 6) is -0.0287. The van der Waals surface area contributed by atoms with Crippen LogP contribution in [0.2, 0.25) is 0 Å². The Bertz CT molecular complexity index is 756. The zero-order chi connectivity index (χ0) is 19.7. The lowest BCUT2D eigenvalue weighted by Crippen LogP contribution is -2.55. The molecule has 4 rings (SSSR count). The molecular formula is C20H26N4O4. The van der Waals surface area contributed by atoms with Crippen LogP contribution >= 0.6 is 0 Å². The Morgan fingerprint density at radius 2 is 1.89 bits per heavy atom. The SMILES string of the molecule is O=C(O)CN(CC1CC1)C1CC(NC(=O)Nc2ccc(N3CCC3=O)cc2)C1. The Morgan fingerprint density at radius 3 is 2.43 bits per heavy atom. The Hall–Kier alpha value is -2.61. The van der Waals surface area contributed by atoms with E-state index in [9.17, 15) is 14.4 Å². The van der Waals surface area contributed by atoms with E-state index in [4.69, 9.17) is 5.11 Å². The second-order valence-electron chi connectivity index (χ2n) is 8.03. The van der Waals surface area contributed by atoms with Crippen LogP contribution in [0, 0.1) is 5.92 Å². The fraction of sp³-hybridized carbons (Fsp3) is 0.550. The molecule has 8 heteroatoms. The van der Waals surface area contributed by atoms with Crippen LogP contribution in [0.15, 0.2) is 24.3 Å². The third kappa shape index (κ3) is 4.44. The highest BCUT2D eigenvalue weighted by atomic mass is 16.4. The normalized spacial score (nSPS) is 23.8. The van der Waals surface area contributed by atoms with Gasteiger partial charge in [0.2, 0.25) is 5.91 Å². The van der Waals surface area contributed by atoms with Crippen molar-refractivity contribution >= 4 is 29.3 Å². The Morgan fingerprint density at radius 1 is 1.18 bits per heavy atom. The Labute approximate surface area is 163 Å². The molecule has 0 spiro atoms. The standard InChI is InChI=1S/C20H26N4O4/c25-18-7-8-24(18)16-5-3-14(4-6-16)21-20(28)22-15-9-17(10-15)23(12-19(26)27)11-13-1-2-13/h3-6,13,15,17H,1-2,7-12H2,(H,26,27)(H2,21,22,28). The van der Waals surface area contributed by atoms with Crippen LogP contribution in [-0.2, 0) is 9.59 Å². The van der Waals surface area contributed by atoms with Crippen molar-refractivity contribution in [2.24, 2.45) is 5.92 Å². The van der Waals surface area contributed by atoms with Gasteiger partial charge in [-0.2, -0.15) is 0 Å². The maximum absolute atomic E-state index is 12.2. The monoisotopic (exact) mass is 386 g/mol. The number of carboxylic acids is 1. The number of β-lactam (4-membered cyclic amide) rings is 1. The van der Waals surface area contributed by atoms with Gasteiger partial charge in [0, 0.05) is 43.0 Å². The van der Waals surface area contributed by atoms with Crippen molar-refractivity contribution in [2.75, 3.05) is 29.9 Å².